The maximum absolute atomic E-state index is 13.7. The van der Waals surface area contributed by atoms with E-state index in [-0.39, 0.29) is 22.9 Å². The van der Waals surface area contributed by atoms with Crippen molar-refractivity contribution in [1.29, 1.82) is 0 Å². The predicted molar refractivity (Wildman–Crippen MR) is 145 cm³/mol. The summed E-state index contributed by atoms with van der Waals surface area (Å²) in [7, 11) is -0.358. The fourth-order valence-corrected chi connectivity index (χ4v) is 7.48. The van der Waals surface area contributed by atoms with Crippen LogP contribution >= 0.6 is 11.3 Å². The molecule has 5 rings (SSSR count). The van der Waals surface area contributed by atoms with Crippen molar-refractivity contribution >= 4 is 42.6 Å². The van der Waals surface area contributed by atoms with Crippen LogP contribution in [0.2, 0.25) is 0 Å². The SMILES string of the molecule is COc1ccc2sc(N(CC3CCCO3)C(=O)c3ccc(S(=O)(=O)N(C)C4CCCCC4)cc3)nc2c1. The highest BCUT2D eigenvalue weighted by atomic mass is 32.2. The maximum atomic E-state index is 13.7. The smallest absolute Gasteiger partial charge is 0.260 e. The van der Waals surface area contributed by atoms with E-state index in [4.69, 9.17) is 14.5 Å². The van der Waals surface area contributed by atoms with Crippen LogP contribution in [0.3, 0.4) is 0 Å². The molecule has 1 aliphatic carbocycles. The van der Waals surface area contributed by atoms with E-state index < -0.39 is 10.0 Å². The van der Waals surface area contributed by atoms with Gasteiger partial charge >= 0.3 is 0 Å². The van der Waals surface area contributed by atoms with E-state index in [9.17, 15) is 13.2 Å². The second kappa shape index (κ2) is 11.1. The third kappa shape index (κ3) is 5.52. The van der Waals surface area contributed by atoms with Crippen LogP contribution in [0.5, 0.6) is 5.75 Å². The molecule has 37 heavy (non-hydrogen) atoms. The van der Waals surface area contributed by atoms with Crippen LogP contribution in [0.1, 0.15) is 55.3 Å². The molecule has 2 heterocycles. The Hall–Kier alpha value is -2.53. The van der Waals surface area contributed by atoms with E-state index in [0.29, 0.717) is 29.6 Å². The molecule has 1 aromatic heterocycles. The van der Waals surface area contributed by atoms with E-state index in [1.54, 1.807) is 31.2 Å². The number of carbonyl (C=O) groups excluding carboxylic acids is 1. The van der Waals surface area contributed by atoms with Gasteiger partial charge in [-0.15, -0.1) is 0 Å². The number of hydrogen-bond acceptors (Lipinski definition) is 7. The molecule has 0 radical (unpaired) electrons. The summed E-state index contributed by atoms with van der Waals surface area (Å²) in [5, 5.41) is 0.581. The molecule has 8 nitrogen and oxygen atoms in total. The Kier molecular flexibility index (Phi) is 7.80. The molecule has 198 valence electrons. The summed E-state index contributed by atoms with van der Waals surface area (Å²) in [5.41, 5.74) is 1.17. The minimum atomic E-state index is -3.63. The quantitative estimate of drug-likeness (QED) is 0.394. The van der Waals surface area contributed by atoms with Gasteiger partial charge in [0.2, 0.25) is 10.0 Å². The largest absolute Gasteiger partial charge is 0.497 e. The molecule has 0 bridgehead atoms. The monoisotopic (exact) mass is 543 g/mol. The molecule has 0 spiro atoms. The molecular formula is C27H33N3O5S2. The topological polar surface area (TPSA) is 89.0 Å². The number of thiazole rings is 1. The number of ether oxygens (including phenoxy) is 2. The van der Waals surface area contributed by atoms with Crippen LogP contribution in [0, 0.1) is 0 Å². The van der Waals surface area contributed by atoms with Gasteiger partial charge in [0.15, 0.2) is 5.13 Å². The van der Waals surface area contributed by atoms with Gasteiger partial charge in [-0.2, -0.15) is 4.31 Å². The van der Waals surface area contributed by atoms with Crippen molar-refractivity contribution in [2.45, 2.75) is 62.0 Å². The second-order valence-corrected chi connectivity index (χ2v) is 12.7. The lowest BCUT2D eigenvalue weighted by Crippen LogP contribution is -2.38. The van der Waals surface area contributed by atoms with Gasteiger partial charge in [-0.05, 0) is 62.1 Å². The number of sulfonamides is 1. The number of anilines is 1. The Morgan fingerprint density at radius 1 is 1.08 bits per heavy atom. The third-order valence-electron chi connectivity index (χ3n) is 7.34. The van der Waals surface area contributed by atoms with Crippen LogP contribution in [-0.2, 0) is 14.8 Å². The van der Waals surface area contributed by atoms with E-state index in [2.05, 4.69) is 0 Å². The Balaban J connectivity index is 1.41. The van der Waals surface area contributed by atoms with Crippen LogP contribution in [0.15, 0.2) is 47.4 Å². The van der Waals surface area contributed by atoms with Gasteiger partial charge in [0, 0.05) is 31.3 Å². The van der Waals surface area contributed by atoms with Crippen molar-refractivity contribution in [2.24, 2.45) is 0 Å². The highest BCUT2D eigenvalue weighted by Gasteiger charge is 2.30. The molecule has 2 aliphatic rings. The number of benzene rings is 2. The van der Waals surface area contributed by atoms with Crippen LogP contribution in [-0.4, -0.2) is 63.1 Å². The maximum Gasteiger partial charge on any atom is 0.260 e. The average Bonchev–Trinajstić information content (AvgIpc) is 3.60. The highest BCUT2D eigenvalue weighted by molar-refractivity contribution is 7.89. The lowest BCUT2D eigenvalue weighted by atomic mass is 9.96. The fraction of sp³-hybridized carbons (Fsp3) is 0.481. The van der Waals surface area contributed by atoms with Gasteiger partial charge in [-0.25, -0.2) is 13.4 Å². The summed E-state index contributed by atoms with van der Waals surface area (Å²) in [4.78, 5) is 20.3. The molecule has 1 aliphatic heterocycles. The molecule has 1 unspecified atom stereocenters. The first kappa shape index (κ1) is 26.1. The van der Waals surface area contributed by atoms with Crippen molar-refractivity contribution in [3.8, 4) is 5.75 Å². The first-order chi connectivity index (χ1) is 17.9. The van der Waals surface area contributed by atoms with Gasteiger partial charge in [-0.3, -0.25) is 9.69 Å². The summed E-state index contributed by atoms with van der Waals surface area (Å²) >= 11 is 1.44. The fourth-order valence-electron chi connectivity index (χ4n) is 5.11. The number of amides is 1. The van der Waals surface area contributed by atoms with Gasteiger partial charge in [0.05, 0.1) is 34.9 Å². The van der Waals surface area contributed by atoms with Crippen LogP contribution < -0.4 is 9.64 Å². The minimum Gasteiger partial charge on any atom is -0.497 e. The first-order valence-electron chi connectivity index (χ1n) is 12.8. The lowest BCUT2D eigenvalue weighted by molar-refractivity contribution is 0.0917. The van der Waals surface area contributed by atoms with E-state index in [1.165, 1.54) is 27.8 Å². The zero-order chi connectivity index (χ0) is 26.0. The molecule has 1 saturated heterocycles. The molecular weight excluding hydrogens is 510 g/mol. The average molecular weight is 544 g/mol. The Labute approximate surface area is 222 Å². The molecule has 1 saturated carbocycles. The van der Waals surface area contributed by atoms with Crippen molar-refractivity contribution in [3.63, 3.8) is 0 Å². The number of fused-ring (bicyclic) bond motifs is 1. The lowest BCUT2D eigenvalue weighted by Gasteiger charge is -2.30. The molecule has 3 aromatic rings. The van der Waals surface area contributed by atoms with Crippen LogP contribution in [0.4, 0.5) is 5.13 Å². The van der Waals surface area contributed by atoms with Crippen LogP contribution in [0.25, 0.3) is 10.2 Å². The zero-order valence-corrected chi connectivity index (χ0v) is 22.9. The first-order valence-corrected chi connectivity index (χ1v) is 15.1. The van der Waals surface area contributed by atoms with Gasteiger partial charge in [-0.1, -0.05) is 30.6 Å². The molecule has 2 fully saturated rings. The summed E-state index contributed by atoms with van der Waals surface area (Å²) in [6.45, 7) is 1.07. The summed E-state index contributed by atoms with van der Waals surface area (Å²) in [6, 6.07) is 12.0. The molecule has 1 atom stereocenters. The zero-order valence-electron chi connectivity index (χ0n) is 21.3. The number of nitrogens with zero attached hydrogens (tertiary/aromatic N) is 3. The van der Waals surface area contributed by atoms with Gasteiger partial charge < -0.3 is 9.47 Å². The Morgan fingerprint density at radius 3 is 2.51 bits per heavy atom. The highest BCUT2D eigenvalue weighted by Crippen LogP contribution is 2.33. The van der Waals surface area contributed by atoms with E-state index >= 15 is 0 Å². The van der Waals surface area contributed by atoms with Crippen molar-refractivity contribution in [2.75, 3.05) is 32.2 Å². The Bertz CT molecular complexity index is 1340. The number of rotatable bonds is 8. The van der Waals surface area contributed by atoms with Crippen molar-refractivity contribution in [1.82, 2.24) is 9.29 Å². The van der Waals surface area contributed by atoms with E-state index in [1.807, 2.05) is 18.2 Å². The van der Waals surface area contributed by atoms with Crippen molar-refractivity contribution in [3.05, 3.63) is 48.0 Å². The minimum absolute atomic E-state index is 0.0274. The molecule has 10 heteroatoms. The number of methoxy groups -OCH3 is 1. The number of carbonyl (C=O) groups is 1. The van der Waals surface area contributed by atoms with Gasteiger partial charge in [0.1, 0.15) is 5.75 Å². The van der Waals surface area contributed by atoms with E-state index in [0.717, 1.165) is 55.2 Å². The summed E-state index contributed by atoms with van der Waals surface area (Å²) in [6.07, 6.45) is 6.82. The normalized spacial score (nSPS) is 18.9. The van der Waals surface area contributed by atoms with Gasteiger partial charge in [0.25, 0.3) is 5.91 Å². The summed E-state index contributed by atoms with van der Waals surface area (Å²) in [5.74, 6) is 0.474. The number of aromatic nitrogens is 1. The third-order valence-corrected chi connectivity index (χ3v) is 10.3. The van der Waals surface area contributed by atoms with Crippen molar-refractivity contribution < 1.29 is 22.7 Å². The standard InChI is InChI=1S/C27H33N3O5S2/c1-29(20-7-4-3-5-8-20)37(32,33)23-13-10-19(11-14-23)26(31)30(18-22-9-6-16-35-22)27-28-24-17-21(34-2)12-15-25(24)36-27/h10-15,17,20,22H,3-9,16,18H2,1-2H3. The molecule has 2 aromatic carbocycles. The molecule has 0 N–H and O–H groups in total. The summed E-state index contributed by atoms with van der Waals surface area (Å²) < 4.78 is 40.1. The number of hydrogen-bond donors (Lipinski definition) is 0. The Morgan fingerprint density at radius 2 is 1.84 bits per heavy atom. The predicted octanol–water partition coefficient (Wildman–Crippen LogP) is 5.08. The second-order valence-electron chi connectivity index (χ2n) is 9.72. The molecule has 1 amide bonds.